The van der Waals surface area contributed by atoms with Crippen LogP contribution < -0.4 is 5.32 Å². The maximum atomic E-state index is 5.56. The molecular formula is C16H34N2O2. The van der Waals surface area contributed by atoms with Crippen molar-refractivity contribution in [3.8, 4) is 0 Å². The predicted molar refractivity (Wildman–Crippen MR) is 84.3 cm³/mol. The van der Waals surface area contributed by atoms with Crippen molar-refractivity contribution in [2.45, 2.75) is 64.1 Å². The quantitative estimate of drug-likeness (QED) is 0.742. The molecular weight excluding hydrogens is 252 g/mol. The van der Waals surface area contributed by atoms with E-state index in [0.717, 1.165) is 45.6 Å². The molecule has 1 fully saturated rings. The molecule has 1 N–H and O–H groups in total. The summed E-state index contributed by atoms with van der Waals surface area (Å²) in [7, 11) is 3.88. The Hall–Kier alpha value is -0.160. The molecule has 20 heavy (non-hydrogen) atoms. The third-order valence-corrected chi connectivity index (χ3v) is 5.14. The van der Waals surface area contributed by atoms with Crippen LogP contribution in [0.4, 0.5) is 0 Å². The van der Waals surface area contributed by atoms with Crippen LogP contribution in [-0.2, 0) is 9.47 Å². The van der Waals surface area contributed by atoms with Gasteiger partial charge in [0.1, 0.15) is 0 Å². The molecule has 0 saturated carbocycles. The summed E-state index contributed by atoms with van der Waals surface area (Å²) >= 11 is 0. The van der Waals surface area contributed by atoms with E-state index in [1.165, 1.54) is 0 Å². The highest BCUT2D eigenvalue weighted by molar-refractivity contribution is 4.97. The lowest BCUT2D eigenvalue weighted by molar-refractivity contribution is -0.0390. The summed E-state index contributed by atoms with van der Waals surface area (Å²) in [5, 5.41) is 3.55. The minimum atomic E-state index is -0.0469. The normalized spacial score (nSPS) is 22.5. The first-order valence-corrected chi connectivity index (χ1v) is 7.95. The molecule has 2 atom stereocenters. The Morgan fingerprint density at radius 2 is 1.85 bits per heavy atom. The van der Waals surface area contributed by atoms with Gasteiger partial charge in [-0.2, -0.15) is 0 Å². The van der Waals surface area contributed by atoms with Crippen molar-refractivity contribution in [2.24, 2.45) is 0 Å². The summed E-state index contributed by atoms with van der Waals surface area (Å²) in [6, 6.07) is 0.472. The van der Waals surface area contributed by atoms with E-state index in [9.17, 15) is 0 Å². The molecule has 120 valence electrons. The molecule has 0 aliphatic carbocycles. The van der Waals surface area contributed by atoms with Crippen molar-refractivity contribution in [1.82, 2.24) is 10.2 Å². The van der Waals surface area contributed by atoms with Crippen LogP contribution in [0.2, 0.25) is 0 Å². The lowest BCUT2D eigenvalue weighted by Crippen LogP contribution is -2.61. The molecule has 0 aromatic heterocycles. The van der Waals surface area contributed by atoms with Crippen LogP contribution in [0, 0.1) is 0 Å². The van der Waals surface area contributed by atoms with Crippen LogP contribution in [0.15, 0.2) is 0 Å². The van der Waals surface area contributed by atoms with Gasteiger partial charge < -0.3 is 14.8 Å². The summed E-state index contributed by atoms with van der Waals surface area (Å²) in [5.41, 5.74) is 0.136. The van der Waals surface area contributed by atoms with Crippen LogP contribution in [-0.4, -0.2) is 62.5 Å². The van der Waals surface area contributed by atoms with Crippen molar-refractivity contribution < 1.29 is 9.47 Å². The van der Waals surface area contributed by atoms with Crippen LogP contribution in [0.1, 0.15) is 47.0 Å². The van der Waals surface area contributed by atoms with Gasteiger partial charge in [-0.25, -0.2) is 0 Å². The van der Waals surface area contributed by atoms with E-state index in [-0.39, 0.29) is 11.1 Å². The molecule has 0 radical (unpaired) electrons. The van der Waals surface area contributed by atoms with Crippen LogP contribution >= 0.6 is 0 Å². The number of nitrogens with zero attached hydrogens (tertiary/aromatic N) is 1. The minimum absolute atomic E-state index is 0.0469. The van der Waals surface area contributed by atoms with Gasteiger partial charge in [0.15, 0.2) is 0 Å². The Morgan fingerprint density at radius 1 is 1.25 bits per heavy atom. The highest BCUT2D eigenvalue weighted by Gasteiger charge is 2.38. The van der Waals surface area contributed by atoms with Crippen molar-refractivity contribution in [1.29, 1.82) is 0 Å². The number of ether oxygens (including phenoxy) is 2. The van der Waals surface area contributed by atoms with E-state index in [1.807, 2.05) is 0 Å². The third kappa shape index (κ3) is 4.42. The van der Waals surface area contributed by atoms with E-state index in [0.29, 0.717) is 6.04 Å². The zero-order valence-electron chi connectivity index (χ0n) is 14.3. The summed E-state index contributed by atoms with van der Waals surface area (Å²) in [5.74, 6) is 0. The lowest BCUT2D eigenvalue weighted by atomic mass is 9.82. The fraction of sp³-hybridized carbons (Fsp3) is 1.00. The van der Waals surface area contributed by atoms with Gasteiger partial charge in [-0.3, -0.25) is 4.90 Å². The third-order valence-electron chi connectivity index (χ3n) is 5.14. The number of methoxy groups -OCH3 is 1. The molecule has 1 rings (SSSR count). The monoisotopic (exact) mass is 286 g/mol. The Morgan fingerprint density at radius 3 is 2.30 bits per heavy atom. The maximum absolute atomic E-state index is 5.56. The molecule has 0 aromatic rings. The van der Waals surface area contributed by atoms with E-state index in [1.54, 1.807) is 7.11 Å². The molecule has 0 spiro atoms. The fourth-order valence-corrected chi connectivity index (χ4v) is 3.12. The molecule has 4 heteroatoms. The SMILES string of the molecule is CCC(C)(C(CCC(C)(C)OC)NC)N1CCOCC1. The Labute approximate surface area is 125 Å². The number of nitrogens with one attached hydrogen (secondary N) is 1. The molecule has 0 amide bonds. The summed E-state index contributed by atoms with van der Waals surface area (Å²) in [6.07, 6.45) is 3.33. The van der Waals surface area contributed by atoms with E-state index >= 15 is 0 Å². The van der Waals surface area contributed by atoms with E-state index in [2.05, 4.69) is 45.0 Å². The standard InChI is InChI=1S/C16H34N2O2/c1-7-16(4,18-10-12-20-13-11-18)14(17-5)8-9-15(2,3)19-6/h14,17H,7-13H2,1-6H3. The fourth-order valence-electron chi connectivity index (χ4n) is 3.12. The summed E-state index contributed by atoms with van der Waals surface area (Å²) < 4.78 is 11.1. The molecule has 2 unspecified atom stereocenters. The Bertz CT molecular complexity index is 278. The molecule has 1 aliphatic rings. The summed E-state index contributed by atoms with van der Waals surface area (Å²) in [4.78, 5) is 2.59. The zero-order valence-corrected chi connectivity index (χ0v) is 14.3. The first kappa shape index (κ1) is 17.9. The zero-order chi connectivity index (χ0) is 15.2. The van der Waals surface area contributed by atoms with E-state index in [4.69, 9.17) is 9.47 Å². The van der Waals surface area contributed by atoms with Gasteiger partial charge >= 0.3 is 0 Å². The molecule has 0 bridgehead atoms. The van der Waals surface area contributed by atoms with E-state index < -0.39 is 0 Å². The molecule has 1 saturated heterocycles. The highest BCUT2D eigenvalue weighted by Crippen LogP contribution is 2.29. The van der Waals surface area contributed by atoms with Crippen molar-refractivity contribution in [3.63, 3.8) is 0 Å². The Balaban J connectivity index is 2.71. The van der Waals surface area contributed by atoms with Crippen LogP contribution in [0.5, 0.6) is 0 Å². The van der Waals surface area contributed by atoms with Gasteiger partial charge in [-0.1, -0.05) is 6.92 Å². The van der Waals surface area contributed by atoms with Gasteiger partial charge in [0, 0.05) is 31.8 Å². The number of hydrogen-bond donors (Lipinski definition) is 1. The van der Waals surface area contributed by atoms with Gasteiger partial charge in [-0.15, -0.1) is 0 Å². The predicted octanol–water partition coefficient (Wildman–Crippen LogP) is 2.28. The van der Waals surface area contributed by atoms with Crippen molar-refractivity contribution in [2.75, 3.05) is 40.5 Å². The first-order chi connectivity index (χ1) is 9.39. The maximum Gasteiger partial charge on any atom is 0.0623 e. The minimum Gasteiger partial charge on any atom is -0.379 e. The topological polar surface area (TPSA) is 33.7 Å². The molecule has 0 aromatic carbocycles. The van der Waals surface area contributed by atoms with Crippen molar-refractivity contribution >= 4 is 0 Å². The average Bonchev–Trinajstić information content (AvgIpc) is 2.48. The second-order valence-corrected chi connectivity index (χ2v) is 6.65. The molecule has 1 aliphatic heterocycles. The number of likely N-dealkylation sites (N-methyl/N-ethyl adjacent to an activating group) is 1. The van der Waals surface area contributed by atoms with Gasteiger partial charge in [0.05, 0.1) is 18.8 Å². The van der Waals surface area contributed by atoms with Crippen molar-refractivity contribution in [3.05, 3.63) is 0 Å². The van der Waals surface area contributed by atoms with Gasteiger partial charge in [-0.05, 0) is 47.1 Å². The highest BCUT2D eigenvalue weighted by atomic mass is 16.5. The number of hydrogen-bond acceptors (Lipinski definition) is 4. The summed E-state index contributed by atoms with van der Waals surface area (Å²) in [6.45, 7) is 12.8. The second-order valence-electron chi connectivity index (χ2n) is 6.65. The number of rotatable bonds is 8. The average molecular weight is 286 g/mol. The van der Waals surface area contributed by atoms with Gasteiger partial charge in [0.2, 0.25) is 0 Å². The number of morpholine rings is 1. The Kier molecular flexibility index (Phi) is 6.92. The molecule has 1 heterocycles. The molecule has 4 nitrogen and oxygen atoms in total. The van der Waals surface area contributed by atoms with Crippen LogP contribution in [0.3, 0.4) is 0 Å². The first-order valence-electron chi connectivity index (χ1n) is 7.95. The van der Waals surface area contributed by atoms with Gasteiger partial charge in [0.25, 0.3) is 0 Å². The second kappa shape index (κ2) is 7.74. The largest absolute Gasteiger partial charge is 0.379 e. The smallest absolute Gasteiger partial charge is 0.0623 e. The van der Waals surface area contributed by atoms with Crippen LogP contribution in [0.25, 0.3) is 0 Å². The lowest BCUT2D eigenvalue weighted by Gasteiger charge is -2.48.